The summed E-state index contributed by atoms with van der Waals surface area (Å²) in [6.45, 7) is 7.40. The monoisotopic (exact) mass is 409 g/mol. The molecule has 1 heterocycles. The van der Waals surface area contributed by atoms with E-state index < -0.39 is 0 Å². The number of allylic oxidation sites excluding steroid dienone is 1. The van der Waals surface area contributed by atoms with Crippen molar-refractivity contribution in [1.82, 2.24) is 10.2 Å². The van der Waals surface area contributed by atoms with Gasteiger partial charge in [-0.15, -0.1) is 0 Å². The Balaban J connectivity index is 1.36. The predicted octanol–water partition coefficient (Wildman–Crippen LogP) is 3.05. The molecule has 0 atom stereocenters. The Hall–Kier alpha value is -2.99. The predicted molar refractivity (Wildman–Crippen MR) is 121 cm³/mol. The number of rotatable bonds is 9. The number of anilines is 1. The largest absolute Gasteiger partial charge is 0.493 e. The quantitative estimate of drug-likeness (QED) is 0.690. The molecule has 3 rings (SSSR count). The lowest BCUT2D eigenvalue weighted by Crippen LogP contribution is -2.48. The van der Waals surface area contributed by atoms with Crippen LogP contribution < -0.4 is 19.7 Å². The van der Waals surface area contributed by atoms with Crippen molar-refractivity contribution < 1.29 is 14.3 Å². The summed E-state index contributed by atoms with van der Waals surface area (Å²) in [6, 6.07) is 16.1. The Morgan fingerprint density at radius 3 is 2.53 bits per heavy atom. The molecule has 0 spiro atoms. The molecule has 1 aliphatic heterocycles. The molecule has 0 aliphatic carbocycles. The van der Waals surface area contributed by atoms with Crippen molar-refractivity contribution in [3.63, 3.8) is 0 Å². The maximum absolute atomic E-state index is 12.1. The van der Waals surface area contributed by atoms with Crippen molar-refractivity contribution in [1.29, 1.82) is 0 Å². The van der Waals surface area contributed by atoms with Gasteiger partial charge in [0.2, 0.25) is 0 Å². The average molecular weight is 410 g/mol. The molecule has 0 radical (unpaired) electrons. The van der Waals surface area contributed by atoms with E-state index in [1.807, 2.05) is 43.3 Å². The van der Waals surface area contributed by atoms with Crippen LogP contribution in [0.3, 0.4) is 0 Å². The molecule has 160 valence electrons. The smallest absolute Gasteiger partial charge is 0.257 e. The molecule has 0 bridgehead atoms. The maximum atomic E-state index is 12.1. The van der Waals surface area contributed by atoms with Crippen molar-refractivity contribution in [2.45, 2.75) is 6.92 Å². The summed E-state index contributed by atoms with van der Waals surface area (Å²) >= 11 is 0. The van der Waals surface area contributed by atoms with Crippen LogP contribution in [0.2, 0.25) is 0 Å². The minimum Gasteiger partial charge on any atom is -0.493 e. The number of amides is 1. The third kappa shape index (κ3) is 6.26. The molecule has 6 heteroatoms. The van der Waals surface area contributed by atoms with Gasteiger partial charge >= 0.3 is 0 Å². The number of methoxy groups -OCH3 is 1. The van der Waals surface area contributed by atoms with Gasteiger partial charge in [0.1, 0.15) is 0 Å². The topological polar surface area (TPSA) is 54.0 Å². The fourth-order valence-electron chi connectivity index (χ4n) is 3.52. The van der Waals surface area contributed by atoms with Crippen LogP contribution in [0, 0.1) is 0 Å². The van der Waals surface area contributed by atoms with E-state index in [0.717, 1.165) is 38.3 Å². The second-order valence-corrected chi connectivity index (χ2v) is 7.21. The molecule has 0 aromatic heterocycles. The second-order valence-electron chi connectivity index (χ2n) is 7.21. The van der Waals surface area contributed by atoms with E-state index in [2.05, 4.69) is 39.4 Å². The summed E-state index contributed by atoms with van der Waals surface area (Å²) in [4.78, 5) is 16.9. The molecule has 1 amide bonds. The molecule has 6 nitrogen and oxygen atoms in total. The second kappa shape index (κ2) is 11.3. The van der Waals surface area contributed by atoms with Gasteiger partial charge in [0.15, 0.2) is 18.1 Å². The van der Waals surface area contributed by atoms with Crippen molar-refractivity contribution in [3.05, 3.63) is 60.2 Å². The van der Waals surface area contributed by atoms with Crippen molar-refractivity contribution >= 4 is 17.7 Å². The highest BCUT2D eigenvalue weighted by Crippen LogP contribution is 2.28. The number of ether oxygens (including phenoxy) is 2. The summed E-state index contributed by atoms with van der Waals surface area (Å²) in [5.74, 6) is 1.06. The first-order valence-electron chi connectivity index (χ1n) is 10.4. The summed E-state index contributed by atoms with van der Waals surface area (Å²) in [5, 5.41) is 2.94. The van der Waals surface area contributed by atoms with Gasteiger partial charge in [-0.1, -0.05) is 36.4 Å². The number of hydrogen-bond donors (Lipinski definition) is 1. The molecule has 30 heavy (non-hydrogen) atoms. The highest BCUT2D eigenvalue weighted by atomic mass is 16.5. The van der Waals surface area contributed by atoms with Crippen molar-refractivity contribution in [2.75, 3.05) is 57.9 Å². The molecule has 1 fully saturated rings. The van der Waals surface area contributed by atoms with E-state index >= 15 is 0 Å². The first kappa shape index (κ1) is 21.7. The van der Waals surface area contributed by atoms with Gasteiger partial charge < -0.3 is 19.7 Å². The summed E-state index contributed by atoms with van der Waals surface area (Å²) in [7, 11) is 1.60. The minimum absolute atomic E-state index is 0.0267. The summed E-state index contributed by atoms with van der Waals surface area (Å²) in [5.41, 5.74) is 2.30. The van der Waals surface area contributed by atoms with Crippen LogP contribution in [0.1, 0.15) is 12.5 Å². The van der Waals surface area contributed by atoms with E-state index in [0.29, 0.717) is 18.0 Å². The first-order valence-corrected chi connectivity index (χ1v) is 10.4. The zero-order valence-corrected chi connectivity index (χ0v) is 17.8. The standard InChI is InChI=1S/C24H31N3O3/c1-3-7-20-10-11-22(23(18-20)29-2)30-19-24(28)25-12-13-26-14-16-27(17-15-26)21-8-5-4-6-9-21/h3-11,18H,12-17,19H2,1-2H3,(H,25,28)/b7-3+. The number of hydrogen-bond acceptors (Lipinski definition) is 5. The summed E-state index contributed by atoms with van der Waals surface area (Å²) < 4.78 is 11.0. The molecular formula is C24H31N3O3. The van der Waals surface area contributed by atoms with Crippen LogP contribution in [-0.4, -0.2) is 63.8 Å². The van der Waals surface area contributed by atoms with Crippen molar-refractivity contribution in [3.8, 4) is 11.5 Å². The van der Waals surface area contributed by atoms with E-state index in [1.165, 1.54) is 5.69 Å². The molecule has 0 saturated carbocycles. The van der Waals surface area contributed by atoms with Gasteiger partial charge in [0, 0.05) is 45.0 Å². The summed E-state index contributed by atoms with van der Waals surface area (Å²) in [6.07, 6.45) is 3.95. The van der Waals surface area contributed by atoms with E-state index in [-0.39, 0.29) is 12.5 Å². The lowest BCUT2D eigenvalue weighted by molar-refractivity contribution is -0.123. The maximum Gasteiger partial charge on any atom is 0.257 e. The Labute approximate surface area is 179 Å². The zero-order valence-electron chi connectivity index (χ0n) is 17.8. The highest BCUT2D eigenvalue weighted by molar-refractivity contribution is 5.77. The van der Waals surface area contributed by atoms with Gasteiger partial charge in [-0.2, -0.15) is 0 Å². The number of carbonyl (C=O) groups excluding carboxylic acids is 1. The molecule has 0 unspecified atom stereocenters. The lowest BCUT2D eigenvalue weighted by atomic mass is 10.2. The van der Waals surface area contributed by atoms with Gasteiger partial charge in [0.25, 0.3) is 5.91 Å². The molecule has 2 aromatic rings. The molecule has 1 N–H and O–H groups in total. The molecular weight excluding hydrogens is 378 g/mol. The Kier molecular flexibility index (Phi) is 8.15. The molecule has 1 saturated heterocycles. The SMILES string of the molecule is C/C=C/c1ccc(OCC(=O)NCCN2CCN(c3ccccc3)CC2)c(OC)c1. The average Bonchev–Trinajstić information content (AvgIpc) is 2.79. The van der Waals surface area contributed by atoms with E-state index in [4.69, 9.17) is 9.47 Å². The van der Waals surface area contributed by atoms with Gasteiger partial charge in [-0.25, -0.2) is 0 Å². The van der Waals surface area contributed by atoms with E-state index in [9.17, 15) is 4.79 Å². The number of para-hydroxylation sites is 1. The normalized spacial score (nSPS) is 14.7. The fourth-order valence-corrected chi connectivity index (χ4v) is 3.52. The van der Waals surface area contributed by atoms with Gasteiger partial charge in [0.05, 0.1) is 7.11 Å². The Bertz CT molecular complexity index is 831. The van der Waals surface area contributed by atoms with Crippen LogP contribution in [-0.2, 0) is 4.79 Å². The third-order valence-electron chi connectivity index (χ3n) is 5.15. The van der Waals surface area contributed by atoms with Crippen LogP contribution in [0.4, 0.5) is 5.69 Å². The van der Waals surface area contributed by atoms with E-state index in [1.54, 1.807) is 7.11 Å². The molecule has 1 aliphatic rings. The Morgan fingerprint density at radius 1 is 1.07 bits per heavy atom. The third-order valence-corrected chi connectivity index (χ3v) is 5.15. The lowest BCUT2D eigenvalue weighted by Gasteiger charge is -2.36. The van der Waals surface area contributed by atoms with Crippen molar-refractivity contribution in [2.24, 2.45) is 0 Å². The zero-order chi connectivity index (χ0) is 21.2. The number of nitrogens with one attached hydrogen (secondary N) is 1. The first-order chi connectivity index (χ1) is 14.7. The molecule has 2 aromatic carbocycles. The van der Waals surface area contributed by atoms with Gasteiger partial charge in [-0.3, -0.25) is 9.69 Å². The van der Waals surface area contributed by atoms with Gasteiger partial charge in [-0.05, 0) is 36.8 Å². The number of benzene rings is 2. The number of nitrogens with zero attached hydrogens (tertiary/aromatic N) is 2. The Morgan fingerprint density at radius 2 is 1.83 bits per heavy atom. The number of carbonyl (C=O) groups is 1. The van der Waals surface area contributed by atoms with Crippen LogP contribution >= 0.6 is 0 Å². The van der Waals surface area contributed by atoms with Crippen LogP contribution in [0.5, 0.6) is 11.5 Å². The van der Waals surface area contributed by atoms with Crippen LogP contribution in [0.15, 0.2) is 54.6 Å². The number of piperazine rings is 1. The minimum atomic E-state index is -0.127. The highest BCUT2D eigenvalue weighted by Gasteiger charge is 2.17. The fraction of sp³-hybridized carbons (Fsp3) is 0.375. The van der Waals surface area contributed by atoms with Crippen LogP contribution in [0.25, 0.3) is 6.08 Å².